The van der Waals surface area contributed by atoms with Gasteiger partial charge >= 0.3 is 0 Å². The van der Waals surface area contributed by atoms with Crippen LogP contribution in [0.1, 0.15) is 63.9 Å². The number of ketones is 1. The van der Waals surface area contributed by atoms with Crippen molar-refractivity contribution >= 4 is 5.78 Å². The molecule has 0 N–H and O–H groups in total. The molecule has 28 heavy (non-hydrogen) atoms. The van der Waals surface area contributed by atoms with Gasteiger partial charge in [-0.3, -0.25) is 9.78 Å². The summed E-state index contributed by atoms with van der Waals surface area (Å²) in [6.45, 7) is 12.8. The van der Waals surface area contributed by atoms with Crippen LogP contribution in [0.5, 0.6) is 0 Å². The quantitative estimate of drug-likeness (QED) is 0.662. The summed E-state index contributed by atoms with van der Waals surface area (Å²) in [5, 5.41) is 0. The monoisotopic (exact) mass is 388 g/mol. The smallest absolute Gasteiger partial charge is 0.187 e. The van der Waals surface area contributed by atoms with Crippen molar-refractivity contribution in [2.45, 2.75) is 65.1 Å². The van der Waals surface area contributed by atoms with Gasteiger partial charge in [-0.15, -0.1) is 0 Å². The third-order valence-corrected chi connectivity index (χ3v) is 6.36. The zero-order valence-corrected chi connectivity index (χ0v) is 17.9. The number of carbonyl (C=O) groups excluding carboxylic acids is 1. The third kappa shape index (κ3) is 5.00. The van der Waals surface area contributed by atoms with E-state index in [9.17, 15) is 4.79 Å². The minimum atomic E-state index is -0.364. The molecule has 1 aromatic heterocycles. The number of Topliss-reactive ketones (excluding diaryl/α,β-unsaturated/α-hetero) is 1. The van der Waals surface area contributed by atoms with Gasteiger partial charge < -0.3 is 14.4 Å². The Hall–Kier alpha value is -1.30. The molecule has 0 bridgehead atoms. The van der Waals surface area contributed by atoms with E-state index in [0.29, 0.717) is 18.2 Å². The Morgan fingerprint density at radius 2 is 2.07 bits per heavy atom. The molecule has 0 spiro atoms. The Kier molecular flexibility index (Phi) is 6.89. The predicted molar refractivity (Wildman–Crippen MR) is 111 cm³/mol. The second-order valence-electron chi connectivity index (χ2n) is 9.27. The van der Waals surface area contributed by atoms with Crippen LogP contribution < -0.4 is 0 Å². The first-order chi connectivity index (χ1) is 13.3. The lowest BCUT2D eigenvalue weighted by Crippen LogP contribution is -2.52. The summed E-state index contributed by atoms with van der Waals surface area (Å²) in [4.78, 5) is 20.6. The number of likely N-dealkylation sites (tertiary alicyclic amines) is 1. The number of rotatable bonds is 7. The van der Waals surface area contributed by atoms with Gasteiger partial charge in [0.2, 0.25) is 0 Å². The van der Waals surface area contributed by atoms with E-state index in [2.05, 4.69) is 37.6 Å². The van der Waals surface area contributed by atoms with Crippen molar-refractivity contribution in [3.8, 4) is 0 Å². The zero-order valence-electron chi connectivity index (χ0n) is 17.9. The van der Waals surface area contributed by atoms with E-state index in [1.807, 2.05) is 18.2 Å². The summed E-state index contributed by atoms with van der Waals surface area (Å²) in [5.74, 6) is 0.596. The molecular formula is C23H36N2O3. The van der Waals surface area contributed by atoms with Gasteiger partial charge in [-0.05, 0) is 84.5 Å². The largest absolute Gasteiger partial charge is 0.377 e. The highest BCUT2D eigenvalue weighted by molar-refractivity contribution is 5.99. The third-order valence-electron chi connectivity index (χ3n) is 6.36. The van der Waals surface area contributed by atoms with Crippen LogP contribution in [0.4, 0.5) is 0 Å². The molecule has 2 aliphatic rings. The van der Waals surface area contributed by atoms with Crippen LogP contribution in [0.2, 0.25) is 0 Å². The van der Waals surface area contributed by atoms with Gasteiger partial charge in [0.05, 0.1) is 18.3 Å². The summed E-state index contributed by atoms with van der Waals surface area (Å²) in [6.07, 6.45) is 5.68. The minimum Gasteiger partial charge on any atom is -0.377 e. The van der Waals surface area contributed by atoms with Gasteiger partial charge in [-0.25, -0.2) is 0 Å². The van der Waals surface area contributed by atoms with Crippen LogP contribution in [-0.4, -0.2) is 60.2 Å². The SMILES string of the molecule is CC(C)OCCN1CCC([C@]2(C(=O)c3ccccn3)CCOC(C)(C)C2)CC1. The number of carbonyl (C=O) groups is 1. The van der Waals surface area contributed by atoms with Crippen molar-refractivity contribution in [3.63, 3.8) is 0 Å². The first-order valence-corrected chi connectivity index (χ1v) is 10.8. The maximum Gasteiger partial charge on any atom is 0.187 e. The summed E-state index contributed by atoms with van der Waals surface area (Å²) >= 11 is 0. The molecular weight excluding hydrogens is 352 g/mol. The molecule has 0 radical (unpaired) electrons. The van der Waals surface area contributed by atoms with E-state index < -0.39 is 0 Å². The number of pyridine rings is 1. The second kappa shape index (κ2) is 9.02. The highest BCUT2D eigenvalue weighted by Gasteiger charge is 2.52. The van der Waals surface area contributed by atoms with Gasteiger partial charge in [-0.1, -0.05) is 6.07 Å². The molecule has 156 valence electrons. The van der Waals surface area contributed by atoms with Crippen molar-refractivity contribution in [1.82, 2.24) is 9.88 Å². The number of piperidine rings is 1. The van der Waals surface area contributed by atoms with E-state index in [1.165, 1.54) is 0 Å². The highest BCUT2D eigenvalue weighted by atomic mass is 16.5. The zero-order chi connectivity index (χ0) is 20.2. The number of nitrogens with zero attached hydrogens (tertiary/aromatic N) is 2. The summed E-state index contributed by atoms with van der Waals surface area (Å²) < 4.78 is 11.7. The fraction of sp³-hybridized carbons (Fsp3) is 0.739. The van der Waals surface area contributed by atoms with Crippen LogP contribution in [-0.2, 0) is 9.47 Å². The van der Waals surface area contributed by atoms with Crippen LogP contribution >= 0.6 is 0 Å². The van der Waals surface area contributed by atoms with Crippen molar-refractivity contribution in [3.05, 3.63) is 30.1 Å². The standard InChI is InChI=1S/C23H36N2O3/c1-18(2)27-16-14-25-12-8-19(9-13-25)23(10-15-28-22(3,4)17-23)21(26)20-7-5-6-11-24-20/h5-7,11,18-19H,8-10,12-17H2,1-4H3/t23-/m0/s1. The summed E-state index contributed by atoms with van der Waals surface area (Å²) in [7, 11) is 0. The number of hydrogen-bond donors (Lipinski definition) is 0. The van der Waals surface area contributed by atoms with Crippen LogP contribution in [0.3, 0.4) is 0 Å². The number of aromatic nitrogens is 1. The molecule has 2 saturated heterocycles. The molecule has 5 heteroatoms. The van der Waals surface area contributed by atoms with Crippen molar-refractivity contribution < 1.29 is 14.3 Å². The van der Waals surface area contributed by atoms with Gasteiger partial charge in [0.15, 0.2) is 5.78 Å². The van der Waals surface area contributed by atoms with Crippen molar-refractivity contribution in [2.75, 3.05) is 32.8 Å². The normalized spacial score (nSPS) is 26.5. The summed E-state index contributed by atoms with van der Waals surface area (Å²) in [6, 6.07) is 5.65. The van der Waals surface area contributed by atoms with Gasteiger partial charge in [-0.2, -0.15) is 0 Å². The van der Waals surface area contributed by atoms with E-state index in [1.54, 1.807) is 6.20 Å². The summed E-state index contributed by atoms with van der Waals surface area (Å²) in [5.41, 5.74) is -0.0328. The van der Waals surface area contributed by atoms with E-state index in [-0.39, 0.29) is 22.9 Å². The van der Waals surface area contributed by atoms with Crippen molar-refractivity contribution in [2.24, 2.45) is 11.3 Å². The maximum atomic E-state index is 13.7. The Balaban J connectivity index is 1.73. The maximum absolute atomic E-state index is 13.7. The fourth-order valence-electron chi connectivity index (χ4n) is 5.02. The molecule has 2 fully saturated rings. The first-order valence-electron chi connectivity index (χ1n) is 10.8. The van der Waals surface area contributed by atoms with E-state index in [4.69, 9.17) is 9.47 Å². The number of ether oxygens (including phenoxy) is 2. The second-order valence-corrected chi connectivity index (χ2v) is 9.27. The molecule has 0 aromatic carbocycles. The lowest BCUT2D eigenvalue weighted by atomic mass is 9.60. The predicted octanol–water partition coefficient (Wildman–Crippen LogP) is 3.98. The Morgan fingerprint density at radius 1 is 1.32 bits per heavy atom. The van der Waals surface area contributed by atoms with Crippen molar-refractivity contribution in [1.29, 1.82) is 0 Å². The molecule has 5 nitrogen and oxygen atoms in total. The molecule has 1 atom stereocenters. The average molecular weight is 389 g/mol. The molecule has 1 aromatic rings. The van der Waals surface area contributed by atoms with E-state index >= 15 is 0 Å². The number of hydrogen-bond acceptors (Lipinski definition) is 5. The highest BCUT2D eigenvalue weighted by Crippen LogP contribution is 2.49. The molecule has 2 aliphatic heterocycles. The molecule has 0 amide bonds. The molecule has 0 saturated carbocycles. The molecule has 0 unspecified atom stereocenters. The average Bonchev–Trinajstić information content (AvgIpc) is 2.67. The van der Waals surface area contributed by atoms with Gasteiger partial charge in [0, 0.05) is 24.8 Å². The van der Waals surface area contributed by atoms with Crippen LogP contribution in [0.25, 0.3) is 0 Å². The first kappa shape index (κ1) is 21.4. The molecule has 3 heterocycles. The van der Waals surface area contributed by atoms with Crippen LogP contribution in [0.15, 0.2) is 24.4 Å². The minimum absolute atomic E-state index is 0.214. The molecule has 0 aliphatic carbocycles. The van der Waals surface area contributed by atoms with Crippen LogP contribution in [0, 0.1) is 11.3 Å². The Labute approximate surface area is 169 Å². The van der Waals surface area contributed by atoms with Gasteiger partial charge in [0.1, 0.15) is 5.69 Å². The Bertz CT molecular complexity index is 639. The lowest BCUT2D eigenvalue weighted by molar-refractivity contribution is -0.114. The topological polar surface area (TPSA) is 51.7 Å². The van der Waals surface area contributed by atoms with Gasteiger partial charge in [0.25, 0.3) is 0 Å². The van der Waals surface area contributed by atoms with E-state index in [0.717, 1.165) is 51.9 Å². The Morgan fingerprint density at radius 3 is 2.68 bits per heavy atom. The fourth-order valence-corrected chi connectivity index (χ4v) is 5.02. The lowest BCUT2D eigenvalue weighted by Gasteiger charge is -2.50. The molecule has 3 rings (SSSR count).